The molecule has 254 valence electrons. The van der Waals surface area contributed by atoms with Gasteiger partial charge in [0, 0.05) is 56.5 Å². The average molecular weight is 711 g/mol. The molecule has 0 saturated carbocycles. The van der Waals surface area contributed by atoms with Crippen molar-refractivity contribution in [3.8, 4) is 22.3 Å². The van der Waals surface area contributed by atoms with E-state index in [9.17, 15) is 0 Å². The average Bonchev–Trinajstić information content (AvgIpc) is 3.77. The van der Waals surface area contributed by atoms with Crippen LogP contribution in [-0.4, -0.2) is 61.7 Å². The summed E-state index contributed by atoms with van der Waals surface area (Å²) in [6.45, 7) is 20.7. The second-order valence-electron chi connectivity index (χ2n) is 14.8. The van der Waals surface area contributed by atoms with Gasteiger partial charge in [-0.15, -0.1) is 38.6 Å². The summed E-state index contributed by atoms with van der Waals surface area (Å²) in [5.74, 6) is 0. The van der Waals surface area contributed by atoms with Crippen LogP contribution >= 0.6 is 17.2 Å². The molecule has 2 aliphatic rings. The van der Waals surface area contributed by atoms with Crippen LogP contribution in [0.1, 0.15) is 52.7 Å². The molecule has 0 aliphatic carbocycles. The van der Waals surface area contributed by atoms with Gasteiger partial charge in [-0.3, -0.25) is 0 Å². The Labute approximate surface area is 299 Å². The van der Waals surface area contributed by atoms with Gasteiger partial charge in [0.15, 0.2) is 0 Å². The molecule has 2 fully saturated rings. The second-order valence-corrected chi connectivity index (χ2v) is 19.6. The molecular formula is C40H56FeN4P2. The summed E-state index contributed by atoms with van der Waals surface area (Å²) in [4.78, 5) is 0. The Morgan fingerprint density at radius 3 is 1.68 bits per heavy atom. The van der Waals surface area contributed by atoms with Gasteiger partial charge in [0.1, 0.15) is 0 Å². The summed E-state index contributed by atoms with van der Waals surface area (Å²) in [7, 11) is 3.08. The SMILES string of the molecule is CC(C)(C)P(Cc1c(C(P)(C2CNCCN2)C2CNCCN2)cc(-c2ccccc2)[c-]1-c1ccccc1)C(C)(C)C.[Fe+2].c1cc[cH-]c1. The minimum absolute atomic E-state index is 0. The van der Waals surface area contributed by atoms with E-state index < -0.39 is 0 Å². The molecule has 0 bridgehead atoms. The summed E-state index contributed by atoms with van der Waals surface area (Å²) >= 11 is 0. The summed E-state index contributed by atoms with van der Waals surface area (Å²) < 4.78 is 0. The van der Waals surface area contributed by atoms with Crippen molar-refractivity contribution in [2.75, 3.05) is 39.3 Å². The van der Waals surface area contributed by atoms with E-state index in [2.05, 4.69) is 139 Å². The maximum absolute atomic E-state index is 3.96. The van der Waals surface area contributed by atoms with E-state index in [-0.39, 0.29) is 40.5 Å². The first-order valence-corrected chi connectivity index (χ1v) is 19.2. The molecule has 4 aromatic rings. The van der Waals surface area contributed by atoms with Gasteiger partial charge in [0.05, 0.1) is 0 Å². The molecule has 3 atom stereocenters. The van der Waals surface area contributed by atoms with E-state index in [1.807, 2.05) is 30.3 Å². The van der Waals surface area contributed by atoms with Gasteiger partial charge in [0.2, 0.25) is 0 Å². The molecule has 6 rings (SSSR count). The predicted molar refractivity (Wildman–Crippen MR) is 206 cm³/mol. The summed E-state index contributed by atoms with van der Waals surface area (Å²) in [5.41, 5.74) is 8.43. The third-order valence-electron chi connectivity index (χ3n) is 9.53. The number of benzene rings is 2. The fraction of sp³-hybridized carbons (Fsp3) is 0.450. The molecule has 2 aliphatic heterocycles. The van der Waals surface area contributed by atoms with Crippen LogP contribution in [0.25, 0.3) is 22.3 Å². The molecule has 0 amide bonds. The van der Waals surface area contributed by atoms with E-state index >= 15 is 0 Å². The smallest absolute Gasteiger partial charge is 0.314 e. The van der Waals surface area contributed by atoms with Crippen molar-refractivity contribution in [1.29, 1.82) is 0 Å². The molecule has 2 saturated heterocycles. The molecule has 2 heterocycles. The Morgan fingerprint density at radius 1 is 0.745 bits per heavy atom. The zero-order chi connectivity index (χ0) is 32.8. The summed E-state index contributed by atoms with van der Waals surface area (Å²) in [6.07, 6.45) is 1.10. The molecule has 47 heavy (non-hydrogen) atoms. The minimum Gasteiger partial charge on any atom is -0.314 e. The topological polar surface area (TPSA) is 48.1 Å². The first-order valence-electron chi connectivity index (χ1n) is 17.1. The second kappa shape index (κ2) is 16.8. The van der Waals surface area contributed by atoms with Crippen molar-refractivity contribution in [2.45, 2.75) is 75.3 Å². The van der Waals surface area contributed by atoms with E-state index in [1.165, 1.54) is 27.8 Å². The van der Waals surface area contributed by atoms with Crippen molar-refractivity contribution in [3.05, 3.63) is 108 Å². The Hall–Kier alpha value is -1.64. The monoisotopic (exact) mass is 710 g/mol. The Balaban J connectivity index is 0.000000762. The number of hydrogen-bond donors (Lipinski definition) is 4. The van der Waals surface area contributed by atoms with Crippen LogP contribution in [0, 0.1) is 0 Å². The maximum atomic E-state index is 3.96. The van der Waals surface area contributed by atoms with Crippen molar-refractivity contribution >= 4 is 17.2 Å². The number of piperazine rings is 2. The fourth-order valence-electron chi connectivity index (χ4n) is 7.49. The van der Waals surface area contributed by atoms with Gasteiger partial charge >= 0.3 is 17.1 Å². The molecule has 4 aromatic carbocycles. The maximum Gasteiger partial charge on any atom is 2.00 e. The molecule has 3 unspecified atom stereocenters. The van der Waals surface area contributed by atoms with E-state index in [0.29, 0.717) is 12.1 Å². The van der Waals surface area contributed by atoms with Gasteiger partial charge < -0.3 is 21.3 Å². The van der Waals surface area contributed by atoms with Gasteiger partial charge in [-0.05, 0) is 16.5 Å². The number of hydrogen-bond acceptors (Lipinski definition) is 4. The van der Waals surface area contributed by atoms with Gasteiger partial charge in [-0.25, -0.2) is 12.1 Å². The van der Waals surface area contributed by atoms with Crippen LogP contribution in [0.2, 0.25) is 0 Å². The van der Waals surface area contributed by atoms with E-state index in [4.69, 9.17) is 0 Å². The Morgan fingerprint density at radius 2 is 1.26 bits per heavy atom. The Bertz CT molecular complexity index is 1410. The zero-order valence-corrected chi connectivity index (χ0v) is 32.4. The first kappa shape index (κ1) is 38.2. The van der Waals surface area contributed by atoms with E-state index in [0.717, 1.165) is 45.4 Å². The third kappa shape index (κ3) is 9.13. The molecular weight excluding hydrogens is 654 g/mol. The van der Waals surface area contributed by atoms with Crippen LogP contribution in [0.15, 0.2) is 97.1 Å². The van der Waals surface area contributed by atoms with Crippen LogP contribution in [0.5, 0.6) is 0 Å². The zero-order valence-electron chi connectivity index (χ0n) is 29.2. The summed E-state index contributed by atoms with van der Waals surface area (Å²) in [6, 6.07) is 35.4. The first-order chi connectivity index (χ1) is 22.0. The Kier molecular flexibility index (Phi) is 13.7. The van der Waals surface area contributed by atoms with Crippen molar-refractivity contribution in [1.82, 2.24) is 21.3 Å². The standard InChI is InChI=1S/C35H51N4P2.C5H5.Fe/c1-33(2,3)41(34(4,5)6)24-28-29(35(40,30-22-36-17-19-38-30)31-23-37-18-20-39-31)21-27(25-13-9-7-10-14-25)32(28)26-15-11-8-12-16-26;1-2-4-5-3-1;/h7-16,21,30-31,36-39H,17-20,22-24,40H2,1-6H3;1-5H;/q2*-1;+2. The molecule has 0 radical (unpaired) electrons. The molecule has 0 spiro atoms. The fourth-order valence-corrected chi connectivity index (χ4v) is 11.8. The quantitative estimate of drug-likeness (QED) is 0.0895. The number of nitrogens with one attached hydrogen (secondary N) is 4. The third-order valence-corrected chi connectivity index (χ3v) is 14.5. The van der Waals surface area contributed by atoms with Gasteiger partial charge in [0.25, 0.3) is 0 Å². The number of rotatable bonds is 7. The van der Waals surface area contributed by atoms with Crippen LogP contribution < -0.4 is 21.3 Å². The van der Waals surface area contributed by atoms with Crippen molar-refractivity contribution < 1.29 is 17.1 Å². The molecule has 4 nitrogen and oxygen atoms in total. The van der Waals surface area contributed by atoms with Crippen LogP contribution in [0.3, 0.4) is 0 Å². The van der Waals surface area contributed by atoms with Gasteiger partial charge in [-0.2, -0.15) is 18.2 Å². The molecule has 7 heteroatoms. The van der Waals surface area contributed by atoms with Crippen molar-refractivity contribution in [3.63, 3.8) is 0 Å². The van der Waals surface area contributed by atoms with Crippen molar-refractivity contribution in [2.24, 2.45) is 0 Å². The van der Waals surface area contributed by atoms with Crippen LogP contribution in [0.4, 0.5) is 0 Å². The van der Waals surface area contributed by atoms with Crippen LogP contribution in [-0.2, 0) is 28.4 Å². The molecule has 4 N–H and O–H groups in total. The van der Waals surface area contributed by atoms with Gasteiger partial charge in [-0.1, -0.05) is 120 Å². The largest absolute Gasteiger partial charge is 2.00 e. The predicted octanol–water partition coefficient (Wildman–Crippen LogP) is 7.91. The minimum atomic E-state index is -0.361. The molecule has 0 aromatic heterocycles. The van der Waals surface area contributed by atoms with E-state index in [1.54, 1.807) is 5.56 Å². The normalized spacial score (nSPS) is 20.1. The summed E-state index contributed by atoms with van der Waals surface area (Å²) in [5, 5.41) is 15.6.